The van der Waals surface area contributed by atoms with Crippen LogP contribution in [0.5, 0.6) is 0 Å². The minimum Gasteiger partial charge on any atom is -0.329 e. The molecule has 0 aliphatic heterocycles. The molecule has 0 aliphatic rings. The number of nitrogens with two attached hydrogens (primary N) is 3. The van der Waals surface area contributed by atoms with E-state index >= 15 is 0 Å². The molecule has 2 atom stereocenters. The minimum absolute atomic E-state index is 0.196. The highest BCUT2D eigenvalue weighted by molar-refractivity contribution is 5.25. The average Bonchev–Trinajstić information content (AvgIpc) is 1.98. The molecule has 0 aromatic rings. The van der Waals surface area contributed by atoms with Crippen LogP contribution in [0.3, 0.4) is 0 Å². The Labute approximate surface area is 60.8 Å². The second kappa shape index (κ2) is 5.10. The van der Waals surface area contributed by atoms with Crippen molar-refractivity contribution in [2.45, 2.75) is 12.1 Å². The van der Waals surface area contributed by atoms with Gasteiger partial charge in [-0.25, -0.2) is 0 Å². The fourth-order valence-electron chi connectivity index (χ4n) is 0.460. The van der Waals surface area contributed by atoms with Crippen LogP contribution in [0.4, 0.5) is 0 Å². The average molecular weight is 142 g/mol. The molecule has 0 aliphatic carbocycles. The summed E-state index contributed by atoms with van der Waals surface area (Å²) < 4.78 is 0. The lowest BCUT2D eigenvalue weighted by Gasteiger charge is -2.12. The van der Waals surface area contributed by atoms with Gasteiger partial charge in [0.25, 0.3) is 0 Å². The van der Waals surface area contributed by atoms with Gasteiger partial charge in [-0.3, -0.25) is 4.99 Å². The molecule has 0 radical (unpaired) electrons. The van der Waals surface area contributed by atoms with Gasteiger partial charge >= 0.3 is 0 Å². The van der Waals surface area contributed by atoms with Crippen molar-refractivity contribution in [1.82, 2.24) is 0 Å². The van der Waals surface area contributed by atoms with Crippen molar-refractivity contribution in [3.05, 3.63) is 12.3 Å². The summed E-state index contributed by atoms with van der Waals surface area (Å²) in [5.74, 6) is 0. The van der Waals surface area contributed by atoms with Crippen LogP contribution in [0, 0.1) is 0 Å². The molecule has 4 nitrogen and oxygen atoms in total. The Morgan fingerprint density at radius 1 is 1.50 bits per heavy atom. The zero-order valence-electron chi connectivity index (χ0n) is 5.90. The molecule has 0 aromatic heterocycles. The van der Waals surface area contributed by atoms with Gasteiger partial charge in [-0.1, -0.05) is 0 Å². The first-order valence-corrected chi connectivity index (χ1v) is 3.06. The Morgan fingerprint density at radius 2 is 2.10 bits per heavy atom. The van der Waals surface area contributed by atoms with Crippen LogP contribution in [-0.4, -0.2) is 25.3 Å². The quantitative estimate of drug-likeness (QED) is 0.431. The Hall–Kier alpha value is -0.710. The SMILES string of the molecule is C=N/C=C/C(N)C(N)CN. The third-order valence-corrected chi connectivity index (χ3v) is 1.18. The second-order valence-electron chi connectivity index (χ2n) is 2.00. The van der Waals surface area contributed by atoms with Crippen molar-refractivity contribution < 1.29 is 0 Å². The van der Waals surface area contributed by atoms with Crippen LogP contribution in [0.2, 0.25) is 0 Å². The Bertz CT molecular complexity index is 121. The summed E-state index contributed by atoms with van der Waals surface area (Å²) in [5, 5.41) is 0. The third-order valence-electron chi connectivity index (χ3n) is 1.18. The zero-order chi connectivity index (χ0) is 7.98. The maximum Gasteiger partial charge on any atom is 0.0408 e. The van der Waals surface area contributed by atoms with E-state index in [-0.39, 0.29) is 12.1 Å². The predicted molar refractivity (Wildman–Crippen MR) is 43.7 cm³/mol. The van der Waals surface area contributed by atoms with Gasteiger partial charge in [0, 0.05) is 24.8 Å². The van der Waals surface area contributed by atoms with E-state index in [1.165, 1.54) is 6.20 Å². The first-order chi connectivity index (χ1) is 4.72. The van der Waals surface area contributed by atoms with Crippen molar-refractivity contribution in [1.29, 1.82) is 0 Å². The lowest BCUT2D eigenvalue weighted by molar-refractivity contribution is 0.608. The van der Waals surface area contributed by atoms with Gasteiger partial charge in [0.1, 0.15) is 0 Å². The minimum atomic E-state index is -0.226. The summed E-state index contributed by atoms with van der Waals surface area (Å²) in [5.41, 5.74) is 16.3. The number of rotatable bonds is 4. The molecule has 0 saturated carbocycles. The molecule has 58 valence electrons. The highest BCUT2D eigenvalue weighted by Gasteiger charge is 2.05. The number of hydrogen-bond acceptors (Lipinski definition) is 4. The first kappa shape index (κ1) is 9.29. The highest BCUT2D eigenvalue weighted by atomic mass is 14.8. The lowest BCUT2D eigenvalue weighted by Crippen LogP contribution is -2.45. The second-order valence-corrected chi connectivity index (χ2v) is 2.00. The van der Waals surface area contributed by atoms with Gasteiger partial charge < -0.3 is 17.2 Å². The van der Waals surface area contributed by atoms with Gasteiger partial charge in [0.15, 0.2) is 0 Å². The number of hydrogen-bond donors (Lipinski definition) is 3. The Morgan fingerprint density at radius 3 is 2.50 bits per heavy atom. The molecule has 0 fully saturated rings. The highest BCUT2D eigenvalue weighted by Crippen LogP contribution is 1.86. The standard InChI is InChI=1S/C6H14N4/c1-10-3-2-5(8)6(9)4-7/h2-3,5-6H,1,4,7-9H2/b3-2+. The number of nitrogens with zero attached hydrogens (tertiary/aromatic N) is 1. The van der Waals surface area contributed by atoms with Gasteiger partial charge in [-0.15, -0.1) is 0 Å². The molecule has 0 spiro atoms. The van der Waals surface area contributed by atoms with Gasteiger partial charge in [0.2, 0.25) is 0 Å². The monoisotopic (exact) mass is 142 g/mol. The molecule has 0 amide bonds. The molecule has 2 unspecified atom stereocenters. The van der Waals surface area contributed by atoms with Gasteiger partial charge in [-0.05, 0) is 12.8 Å². The molecular formula is C6H14N4. The third kappa shape index (κ3) is 3.34. The first-order valence-electron chi connectivity index (χ1n) is 3.06. The molecule has 4 heteroatoms. The molecule has 0 aromatic carbocycles. The van der Waals surface area contributed by atoms with Crippen LogP contribution in [0.15, 0.2) is 17.3 Å². The molecule has 0 rings (SSSR count). The van der Waals surface area contributed by atoms with Crippen LogP contribution in [0.25, 0.3) is 0 Å². The van der Waals surface area contributed by atoms with Crippen LogP contribution >= 0.6 is 0 Å². The summed E-state index contributed by atoms with van der Waals surface area (Å²) in [6.07, 6.45) is 3.19. The molecule has 0 bridgehead atoms. The van der Waals surface area contributed by atoms with Crippen LogP contribution < -0.4 is 17.2 Å². The van der Waals surface area contributed by atoms with Crippen LogP contribution in [-0.2, 0) is 0 Å². The summed E-state index contributed by atoms with van der Waals surface area (Å²) in [4.78, 5) is 3.49. The number of aliphatic imine (C=N–C) groups is 1. The van der Waals surface area contributed by atoms with E-state index in [1.807, 2.05) is 0 Å². The van der Waals surface area contributed by atoms with Crippen molar-refractivity contribution in [2.75, 3.05) is 6.54 Å². The fourth-order valence-corrected chi connectivity index (χ4v) is 0.460. The van der Waals surface area contributed by atoms with E-state index in [1.54, 1.807) is 6.08 Å². The summed E-state index contributed by atoms with van der Waals surface area (Å²) in [6.45, 7) is 3.63. The van der Waals surface area contributed by atoms with Crippen molar-refractivity contribution in [3.63, 3.8) is 0 Å². The van der Waals surface area contributed by atoms with E-state index in [4.69, 9.17) is 17.2 Å². The zero-order valence-corrected chi connectivity index (χ0v) is 5.90. The maximum absolute atomic E-state index is 5.53. The fraction of sp³-hybridized carbons (Fsp3) is 0.500. The van der Waals surface area contributed by atoms with E-state index in [0.717, 1.165) is 0 Å². The van der Waals surface area contributed by atoms with Crippen molar-refractivity contribution in [3.8, 4) is 0 Å². The largest absolute Gasteiger partial charge is 0.329 e. The Kier molecular flexibility index (Phi) is 4.74. The predicted octanol–water partition coefficient (Wildman–Crippen LogP) is -1.19. The summed E-state index contributed by atoms with van der Waals surface area (Å²) in [7, 11) is 0. The summed E-state index contributed by atoms with van der Waals surface area (Å²) in [6, 6.07) is -0.423. The van der Waals surface area contributed by atoms with E-state index < -0.39 is 0 Å². The van der Waals surface area contributed by atoms with Crippen molar-refractivity contribution in [2.24, 2.45) is 22.2 Å². The molecular weight excluding hydrogens is 128 g/mol. The van der Waals surface area contributed by atoms with E-state index in [2.05, 4.69) is 11.7 Å². The van der Waals surface area contributed by atoms with E-state index in [0.29, 0.717) is 6.54 Å². The molecule has 0 heterocycles. The topological polar surface area (TPSA) is 90.4 Å². The molecule has 10 heavy (non-hydrogen) atoms. The van der Waals surface area contributed by atoms with Crippen molar-refractivity contribution >= 4 is 6.72 Å². The normalized spacial score (nSPS) is 17.1. The van der Waals surface area contributed by atoms with E-state index in [9.17, 15) is 0 Å². The maximum atomic E-state index is 5.53. The molecule has 6 N–H and O–H groups in total. The smallest absolute Gasteiger partial charge is 0.0408 e. The van der Waals surface area contributed by atoms with Crippen LogP contribution in [0.1, 0.15) is 0 Å². The van der Waals surface area contributed by atoms with Gasteiger partial charge in [0.05, 0.1) is 0 Å². The molecule has 0 saturated heterocycles. The Balaban J connectivity index is 3.70. The summed E-state index contributed by atoms with van der Waals surface area (Å²) >= 11 is 0. The lowest BCUT2D eigenvalue weighted by atomic mass is 10.1. The van der Waals surface area contributed by atoms with Gasteiger partial charge in [-0.2, -0.15) is 0 Å².